The minimum atomic E-state index is -0.226. The van der Waals surface area contributed by atoms with Crippen molar-refractivity contribution in [2.45, 2.75) is 66.2 Å². The van der Waals surface area contributed by atoms with Gasteiger partial charge < -0.3 is 4.74 Å². The summed E-state index contributed by atoms with van der Waals surface area (Å²) in [7, 11) is 0. The molecule has 0 aliphatic heterocycles. The van der Waals surface area contributed by atoms with E-state index in [1.807, 2.05) is 0 Å². The van der Waals surface area contributed by atoms with Gasteiger partial charge in [0, 0.05) is 0 Å². The number of carbonyl (C=O) groups excluding carboxylic acids is 2. The maximum absolute atomic E-state index is 12.6. The van der Waals surface area contributed by atoms with Crippen molar-refractivity contribution in [1.82, 2.24) is 0 Å². The molecule has 0 saturated heterocycles. The zero-order valence-corrected chi connectivity index (χ0v) is 14.9. The molecule has 0 amide bonds. The van der Waals surface area contributed by atoms with E-state index in [1.54, 1.807) is 0 Å². The Kier molecular flexibility index (Phi) is 3.29. The number of fused-ring (bicyclic) bond motifs is 4. The van der Waals surface area contributed by atoms with Crippen molar-refractivity contribution < 1.29 is 14.3 Å². The molecule has 4 aliphatic carbocycles. The van der Waals surface area contributed by atoms with Crippen LogP contribution in [0.1, 0.15) is 66.2 Å². The molecular weight excluding hydrogens is 288 g/mol. The predicted octanol–water partition coefficient (Wildman–Crippen LogP) is 4.20. The molecule has 4 rings (SSSR count). The molecule has 0 spiro atoms. The molecule has 4 fully saturated rings. The predicted molar refractivity (Wildman–Crippen MR) is 87.3 cm³/mol. The second kappa shape index (κ2) is 4.83. The second-order valence-electron chi connectivity index (χ2n) is 9.83. The smallest absolute Gasteiger partial charge is 0.316 e. The van der Waals surface area contributed by atoms with E-state index in [0.717, 1.165) is 25.7 Å². The third kappa shape index (κ3) is 2.07. The summed E-state index contributed by atoms with van der Waals surface area (Å²) in [6, 6.07) is 0. The third-order valence-electron chi connectivity index (χ3n) is 8.52. The molecule has 3 nitrogen and oxygen atoms in total. The number of hydrogen-bond donors (Lipinski definition) is 0. The molecule has 0 heterocycles. The Morgan fingerprint density at radius 2 is 1.13 bits per heavy atom. The third-order valence-corrected chi connectivity index (χ3v) is 8.52. The van der Waals surface area contributed by atoms with Crippen molar-refractivity contribution in [2.75, 3.05) is 0 Å². The number of esters is 2. The Hall–Kier alpha value is -0.860. The number of hydrogen-bond acceptors (Lipinski definition) is 3. The normalized spacial score (nSPS) is 45.4. The fourth-order valence-electron chi connectivity index (χ4n) is 6.85. The van der Waals surface area contributed by atoms with Crippen LogP contribution in [0, 0.1) is 46.3 Å². The van der Waals surface area contributed by atoms with Gasteiger partial charge in [-0.15, -0.1) is 0 Å². The molecule has 4 aliphatic rings. The molecule has 0 aromatic heterocycles. The largest absolute Gasteiger partial charge is 0.393 e. The first-order chi connectivity index (χ1) is 10.7. The lowest BCUT2D eigenvalue weighted by molar-refractivity contribution is -0.168. The van der Waals surface area contributed by atoms with Gasteiger partial charge in [0.05, 0.1) is 11.8 Å². The molecule has 0 aromatic rings. The fourth-order valence-corrected chi connectivity index (χ4v) is 6.85. The molecule has 0 N–H and O–H groups in total. The molecular formula is C20H30O3. The van der Waals surface area contributed by atoms with Crippen LogP contribution in [0.2, 0.25) is 0 Å². The average Bonchev–Trinajstić information content (AvgIpc) is 3.13. The SMILES string of the molecule is CC1(C)C2CCC1C(C(=O)OC(=O)C1CC3CCC1C3(C)C)C2. The molecule has 23 heavy (non-hydrogen) atoms. The van der Waals surface area contributed by atoms with Crippen LogP contribution in [-0.4, -0.2) is 11.9 Å². The summed E-state index contributed by atoms with van der Waals surface area (Å²) in [6.07, 6.45) is 6.55. The summed E-state index contributed by atoms with van der Waals surface area (Å²) >= 11 is 0. The van der Waals surface area contributed by atoms with Crippen molar-refractivity contribution in [3.05, 3.63) is 0 Å². The highest BCUT2D eigenvalue weighted by molar-refractivity contribution is 5.88. The maximum Gasteiger partial charge on any atom is 0.316 e. The van der Waals surface area contributed by atoms with Gasteiger partial charge in [-0.25, -0.2) is 0 Å². The van der Waals surface area contributed by atoms with Crippen molar-refractivity contribution >= 4 is 11.9 Å². The molecule has 6 unspecified atom stereocenters. The van der Waals surface area contributed by atoms with Gasteiger partial charge in [-0.3, -0.25) is 9.59 Å². The molecule has 3 heteroatoms. The lowest BCUT2D eigenvalue weighted by Crippen LogP contribution is -2.32. The van der Waals surface area contributed by atoms with Gasteiger partial charge in [-0.2, -0.15) is 0 Å². The lowest BCUT2D eigenvalue weighted by Gasteiger charge is -2.27. The lowest BCUT2D eigenvalue weighted by atomic mass is 9.80. The summed E-state index contributed by atoms with van der Waals surface area (Å²) < 4.78 is 5.43. The van der Waals surface area contributed by atoms with Crippen LogP contribution in [0.5, 0.6) is 0 Å². The zero-order chi connectivity index (χ0) is 16.6. The minimum absolute atomic E-state index is 0.0423. The van der Waals surface area contributed by atoms with Crippen LogP contribution in [0.25, 0.3) is 0 Å². The van der Waals surface area contributed by atoms with E-state index in [9.17, 15) is 9.59 Å². The fraction of sp³-hybridized carbons (Fsp3) is 0.900. The number of rotatable bonds is 2. The maximum atomic E-state index is 12.6. The van der Waals surface area contributed by atoms with Crippen molar-refractivity contribution in [3.63, 3.8) is 0 Å². The molecule has 6 atom stereocenters. The highest BCUT2D eigenvalue weighted by Gasteiger charge is 2.58. The van der Waals surface area contributed by atoms with E-state index in [1.165, 1.54) is 12.8 Å². The summed E-state index contributed by atoms with van der Waals surface area (Å²) in [5.74, 6) is 1.53. The summed E-state index contributed by atoms with van der Waals surface area (Å²) in [5, 5.41) is 0. The Labute approximate surface area is 139 Å². The van der Waals surface area contributed by atoms with Crippen LogP contribution < -0.4 is 0 Å². The van der Waals surface area contributed by atoms with E-state index in [0.29, 0.717) is 23.7 Å². The zero-order valence-electron chi connectivity index (χ0n) is 14.9. The van der Waals surface area contributed by atoms with Gasteiger partial charge in [0.15, 0.2) is 0 Å². The standard InChI is InChI=1S/C20H30O3/c1-19(2)11-5-7-15(19)13(9-11)17(21)23-18(22)14-10-12-6-8-16(14)20(12,3)4/h11-16H,5-10H2,1-4H3. The van der Waals surface area contributed by atoms with Crippen molar-refractivity contribution in [3.8, 4) is 0 Å². The summed E-state index contributed by atoms with van der Waals surface area (Å²) in [4.78, 5) is 25.2. The number of carbonyl (C=O) groups is 2. The topological polar surface area (TPSA) is 43.4 Å². The first kappa shape index (κ1) is 15.7. The van der Waals surface area contributed by atoms with Crippen LogP contribution in [0.3, 0.4) is 0 Å². The van der Waals surface area contributed by atoms with Crippen molar-refractivity contribution in [1.29, 1.82) is 0 Å². The van der Waals surface area contributed by atoms with Crippen LogP contribution in [0.15, 0.2) is 0 Å². The van der Waals surface area contributed by atoms with Gasteiger partial charge in [0.25, 0.3) is 0 Å². The Balaban J connectivity index is 1.42. The summed E-state index contributed by atoms with van der Waals surface area (Å²) in [5.41, 5.74) is 0.475. The first-order valence-electron chi connectivity index (χ1n) is 9.48. The quantitative estimate of drug-likeness (QED) is 0.566. The van der Waals surface area contributed by atoms with E-state index in [4.69, 9.17) is 4.74 Å². The first-order valence-corrected chi connectivity index (χ1v) is 9.48. The molecule has 0 aromatic carbocycles. The highest BCUT2D eigenvalue weighted by atomic mass is 16.6. The molecule has 4 saturated carbocycles. The van der Waals surface area contributed by atoms with Crippen LogP contribution in [0.4, 0.5) is 0 Å². The van der Waals surface area contributed by atoms with E-state index in [2.05, 4.69) is 27.7 Å². The monoisotopic (exact) mass is 318 g/mol. The van der Waals surface area contributed by atoms with Crippen LogP contribution in [-0.2, 0) is 14.3 Å². The minimum Gasteiger partial charge on any atom is -0.393 e. The number of ether oxygens (including phenoxy) is 1. The Morgan fingerprint density at radius 1 is 0.739 bits per heavy atom. The summed E-state index contributed by atoms with van der Waals surface area (Å²) in [6.45, 7) is 9.12. The highest BCUT2D eigenvalue weighted by Crippen LogP contribution is 2.62. The van der Waals surface area contributed by atoms with E-state index >= 15 is 0 Å². The molecule has 4 bridgehead atoms. The van der Waals surface area contributed by atoms with E-state index in [-0.39, 0.29) is 34.6 Å². The molecule has 0 radical (unpaired) electrons. The van der Waals surface area contributed by atoms with Gasteiger partial charge in [-0.1, -0.05) is 27.7 Å². The second-order valence-corrected chi connectivity index (χ2v) is 9.83. The Morgan fingerprint density at radius 3 is 1.39 bits per heavy atom. The average molecular weight is 318 g/mol. The molecule has 128 valence electrons. The van der Waals surface area contributed by atoms with E-state index < -0.39 is 0 Å². The van der Waals surface area contributed by atoms with Gasteiger partial charge in [-0.05, 0) is 73.0 Å². The van der Waals surface area contributed by atoms with Crippen molar-refractivity contribution in [2.24, 2.45) is 46.3 Å². The van der Waals surface area contributed by atoms with Gasteiger partial charge in [0.1, 0.15) is 0 Å². The Bertz CT molecular complexity index is 499. The van der Waals surface area contributed by atoms with Gasteiger partial charge >= 0.3 is 11.9 Å². The van der Waals surface area contributed by atoms with Gasteiger partial charge in [0.2, 0.25) is 0 Å². The van der Waals surface area contributed by atoms with Crippen LogP contribution >= 0.6 is 0 Å².